The third-order valence-electron chi connectivity index (χ3n) is 2.51. The van der Waals surface area contributed by atoms with Crippen molar-refractivity contribution in [3.05, 3.63) is 28.3 Å². The van der Waals surface area contributed by atoms with Gasteiger partial charge in [0.2, 0.25) is 0 Å². The van der Waals surface area contributed by atoms with Crippen molar-refractivity contribution < 1.29 is 19.6 Å². The van der Waals surface area contributed by atoms with Crippen molar-refractivity contribution in [2.75, 3.05) is 25.1 Å². The predicted octanol–water partition coefficient (Wildman–Crippen LogP) is 1.90. The Labute approximate surface area is 110 Å². The van der Waals surface area contributed by atoms with Crippen molar-refractivity contribution in [1.82, 2.24) is 0 Å². The summed E-state index contributed by atoms with van der Waals surface area (Å²) < 4.78 is 5.00. The molecule has 7 heteroatoms. The lowest BCUT2D eigenvalue weighted by Gasteiger charge is -2.22. The Morgan fingerprint density at radius 3 is 2.63 bits per heavy atom. The number of nitro groups is 1. The van der Waals surface area contributed by atoms with E-state index in [4.69, 9.17) is 9.84 Å². The van der Waals surface area contributed by atoms with Gasteiger partial charge in [-0.05, 0) is 6.42 Å². The summed E-state index contributed by atoms with van der Waals surface area (Å²) in [6.45, 7) is 2.19. The fourth-order valence-electron chi connectivity index (χ4n) is 1.71. The van der Waals surface area contributed by atoms with Gasteiger partial charge in [0.15, 0.2) is 0 Å². The minimum atomic E-state index is -0.987. The Hall–Kier alpha value is -2.31. The molecule has 0 fully saturated rings. The molecule has 1 aromatic carbocycles. The van der Waals surface area contributed by atoms with Gasteiger partial charge < -0.3 is 14.7 Å². The molecule has 0 bridgehead atoms. The molecule has 104 valence electrons. The van der Waals surface area contributed by atoms with Crippen molar-refractivity contribution >= 4 is 17.3 Å². The van der Waals surface area contributed by atoms with Gasteiger partial charge in [-0.2, -0.15) is 0 Å². The molecule has 0 aliphatic heterocycles. The second-order valence-corrected chi connectivity index (χ2v) is 3.96. The first kappa shape index (κ1) is 14.7. The van der Waals surface area contributed by atoms with Crippen LogP contribution in [-0.4, -0.2) is 36.2 Å². The highest BCUT2D eigenvalue weighted by Crippen LogP contribution is 2.28. The second kappa shape index (κ2) is 6.58. The summed E-state index contributed by atoms with van der Waals surface area (Å²) in [5.41, 5.74) is 0.344. The van der Waals surface area contributed by atoms with Crippen LogP contribution in [0.4, 0.5) is 11.4 Å². The number of benzene rings is 1. The third kappa shape index (κ3) is 4.13. The summed E-state index contributed by atoms with van der Waals surface area (Å²) in [6.07, 6.45) is 0.734. The number of hydrogen-bond acceptors (Lipinski definition) is 5. The number of hydrogen-bond donors (Lipinski definition) is 1. The van der Waals surface area contributed by atoms with Crippen LogP contribution in [0.25, 0.3) is 0 Å². The maximum atomic E-state index is 10.8. The Bertz CT molecular complexity index is 475. The average Bonchev–Trinajstić information content (AvgIpc) is 2.37. The normalized spacial score (nSPS) is 10.0. The van der Waals surface area contributed by atoms with Crippen molar-refractivity contribution in [3.8, 4) is 5.75 Å². The first-order valence-corrected chi connectivity index (χ1v) is 5.78. The van der Waals surface area contributed by atoms with Gasteiger partial charge in [0, 0.05) is 24.4 Å². The second-order valence-electron chi connectivity index (χ2n) is 3.96. The van der Waals surface area contributed by atoms with Crippen LogP contribution in [0, 0.1) is 10.1 Å². The van der Waals surface area contributed by atoms with Crippen molar-refractivity contribution in [2.45, 2.75) is 13.3 Å². The molecular formula is C12H16N2O5. The molecule has 1 rings (SSSR count). The van der Waals surface area contributed by atoms with Crippen molar-refractivity contribution in [1.29, 1.82) is 0 Å². The van der Waals surface area contributed by atoms with E-state index in [0.717, 1.165) is 6.42 Å². The molecule has 7 nitrogen and oxygen atoms in total. The number of rotatable bonds is 7. The summed E-state index contributed by atoms with van der Waals surface area (Å²) in [6, 6.07) is 4.24. The highest BCUT2D eigenvalue weighted by atomic mass is 16.6. The maximum absolute atomic E-state index is 10.8. The van der Waals surface area contributed by atoms with Crippen LogP contribution in [0.5, 0.6) is 5.75 Å². The third-order valence-corrected chi connectivity index (χ3v) is 2.51. The molecule has 0 saturated heterocycles. The lowest BCUT2D eigenvalue weighted by atomic mass is 10.2. The Morgan fingerprint density at radius 2 is 2.16 bits per heavy atom. The standard InChI is InChI=1S/C12H16N2O5/c1-3-4-13(8-12(15)16)9-5-10(14(17)18)7-11(6-9)19-2/h5-7H,3-4,8H2,1-2H3,(H,15,16). The van der Waals surface area contributed by atoms with Crippen LogP contribution in [-0.2, 0) is 4.79 Å². The number of carbonyl (C=O) groups is 1. The minimum absolute atomic E-state index is 0.124. The smallest absolute Gasteiger partial charge is 0.323 e. The quantitative estimate of drug-likeness (QED) is 0.599. The molecule has 0 aromatic heterocycles. The average molecular weight is 268 g/mol. The number of methoxy groups -OCH3 is 1. The molecule has 0 heterocycles. The van der Waals surface area contributed by atoms with Gasteiger partial charge in [-0.3, -0.25) is 14.9 Å². The largest absolute Gasteiger partial charge is 0.496 e. The lowest BCUT2D eigenvalue weighted by molar-refractivity contribution is -0.384. The van der Waals surface area contributed by atoms with Gasteiger partial charge in [0.25, 0.3) is 5.69 Å². The summed E-state index contributed by atoms with van der Waals surface area (Å²) >= 11 is 0. The summed E-state index contributed by atoms with van der Waals surface area (Å²) in [5, 5.41) is 19.7. The molecule has 0 spiro atoms. The van der Waals surface area contributed by atoms with Gasteiger partial charge >= 0.3 is 5.97 Å². The fraction of sp³-hybridized carbons (Fsp3) is 0.417. The van der Waals surface area contributed by atoms with Crippen molar-refractivity contribution in [2.24, 2.45) is 0 Å². The Kier molecular flexibility index (Phi) is 5.11. The number of anilines is 1. The van der Waals surface area contributed by atoms with E-state index in [1.54, 1.807) is 11.0 Å². The number of aliphatic carboxylic acids is 1. The number of carboxylic acid groups (broad SMARTS) is 1. The van der Waals surface area contributed by atoms with Crippen molar-refractivity contribution in [3.63, 3.8) is 0 Å². The first-order valence-electron chi connectivity index (χ1n) is 5.78. The number of carboxylic acids is 1. The maximum Gasteiger partial charge on any atom is 0.323 e. The molecule has 0 unspecified atom stereocenters. The highest BCUT2D eigenvalue weighted by Gasteiger charge is 2.16. The zero-order valence-electron chi connectivity index (χ0n) is 10.8. The lowest BCUT2D eigenvalue weighted by Crippen LogP contribution is -2.30. The van der Waals surface area contributed by atoms with Crippen LogP contribution in [0.1, 0.15) is 13.3 Å². The van der Waals surface area contributed by atoms with E-state index in [1.165, 1.54) is 19.2 Å². The summed E-state index contributed by atoms with van der Waals surface area (Å²) in [4.78, 5) is 22.7. The number of ether oxygens (including phenoxy) is 1. The van der Waals surface area contributed by atoms with E-state index in [1.807, 2.05) is 6.92 Å². The minimum Gasteiger partial charge on any atom is -0.496 e. The van der Waals surface area contributed by atoms with Crippen LogP contribution in [0.15, 0.2) is 18.2 Å². The molecule has 0 atom stereocenters. The predicted molar refractivity (Wildman–Crippen MR) is 69.8 cm³/mol. The van der Waals surface area contributed by atoms with Gasteiger partial charge in [-0.25, -0.2) is 0 Å². The van der Waals surface area contributed by atoms with Crippen LogP contribution in [0.3, 0.4) is 0 Å². The number of non-ortho nitro benzene ring substituents is 1. The molecule has 0 saturated carbocycles. The van der Waals surface area contributed by atoms with E-state index >= 15 is 0 Å². The molecule has 0 radical (unpaired) electrons. The van der Waals surface area contributed by atoms with E-state index < -0.39 is 10.9 Å². The Balaban J connectivity index is 3.16. The topological polar surface area (TPSA) is 92.9 Å². The molecule has 19 heavy (non-hydrogen) atoms. The number of nitrogens with zero attached hydrogens (tertiary/aromatic N) is 2. The molecule has 0 aliphatic rings. The SMILES string of the molecule is CCCN(CC(=O)O)c1cc(OC)cc([N+](=O)[O-])c1. The van der Waals surface area contributed by atoms with Gasteiger partial charge in [-0.15, -0.1) is 0 Å². The summed E-state index contributed by atoms with van der Waals surface area (Å²) in [7, 11) is 1.41. The zero-order valence-corrected chi connectivity index (χ0v) is 10.8. The van der Waals surface area contributed by atoms with E-state index in [9.17, 15) is 14.9 Å². The van der Waals surface area contributed by atoms with E-state index in [-0.39, 0.29) is 12.2 Å². The number of nitro benzene ring substituents is 1. The first-order chi connectivity index (χ1) is 8.97. The molecule has 1 aromatic rings. The monoisotopic (exact) mass is 268 g/mol. The highest BCUT2D eigenvalue weighted by molar-refractivity contribution is 5.74. The van der Waals surface area contributed by atoms with Gasteiger partial charge in [-0.1, -0.05) is 6.92 Å². The van der Waals surface area contributed by atoms with Gasteiger partial charge in [0.1, 0.15) is 12.3 Å². The summed E-state index contributed by atoms with van der Waals surface area (Å²) in [5.74, 6) is -0.658. The molecule has 1 N–H and O–H groups in total. The Morgan fingerprint density at radius 1 is 1.47 bits per heavy atom. The van der Waals surface area contributed by atoms with Gasteiger partial charge in [0.05, 0.1) is 18.1 Å². The molecule has 0 aliphatic carbocycles. The van der Waals surface area contributed by atoms with E-state index in [0.29, 0.717) is 18.0 Å². The fourth-order valence-corrected chi connectivity index (χ4v) is 1.71. The van der Waals surface area contributed by atoms with Crippen LogP contribution >= 0.6 is 0 Å². The molecule has 0 amide bonds. The zero-order chi connectivity index (χ0) is 14.4. The van der Waals surface area contributed by atoms with Crippen LogP contribution in [0.2, 0.25) is 0 Å². The van der Waals surface area contributed by atoms with Crippen LogP contribution < -0.4 is 9.64 Å². The van der Waals surface area contributed by atoms with E-state index in [2.05, 4.69) is 0 Å². The molecular weight excluding hydrogens is 252 g/mol.